The summed E-state index contributed by atoms with van der Waals surface area (Å²) in [5.74, 6) is 0.567. The summed E-state index contributed by atoms with van der Waals surface area (Å²) >= 11 is 1.75. The van der Waals surface area contributed by atoms with Crippen LogP contribution >= 0.6 is 11.3 Å². The minimum absolute atomic E-state index is 0.306. The normalized spacial score (nSPS) is 13.4. The van der Waals surface area contributed by atoms with Crippen molar-refractivity contribution in [2.45, 2.75) is 39.8 Å². The smallest absolute Gasteiger partial charge is 0.0897 e. The predicted molar refractivity (Wildman–Crippen MR) is 66.0 cm³/mol. The van der Waals surface area contributed by atoms with E-state index in [2.05, 4.69) is 24.1 Å². The highest BCUT2D eigenvalue weighted by atomic mass is 32.1. The van der Waals surface area contributed by atoms with Crippen molar-refractivity contribution in [3.05, 3.63) is 16.1 Å². The van der Waals surface area contributed by atoms with Crippen LogP contribution in [0.2, 0.25) is 0 Å². The molecule has 3 nitrogen and oxygen atoms in total. The van der Waals surface area contributed by atoms with E-state index in [0.717, 1.165) is 24.5 Å². The van der Waals surface area contributed by atoms with Gasteiger partial charge in [0.25, 0.3) is 0 Å². The third-order valence-corrected chi connectivity index (χ3v) is 3.39. The summed E-state index contributed by atoms with van der Waals surface area (Å²) in [6.07, 6.45) is 2.98. The molecule has 0 aliphatic rings. The molecular formula is C11H21N3S. The van der Waals surface area contributed by atoms with Crippen molar-refractivity contribution in [2.24, 2.45) is 11.7 Å². The van der Waals surface area contributed by atoms with Crippen molar-refractivity contribution in [1.82, 2.24) is 10.3 Å². The molecule has 0 radical (unpaired) electrons. The third-order valence-electron chi connectivity index (χ3n) is 2.48. The summed E-state index contributed by atoms with van der Waals surface area (Å²) in [5, 5.41) is 4.52. The first-order chi connectivity index (χ1) is 7.09. The van der Waals surface area contributed by atoms with E-state index < -0.39 is 0 Å². The first-order valence-corrected chi connectivity index (χ1v) is 6.29. The molecule has 0 spiro atoms. The lowest BCUT2D eigenvalue weighted by Gasteiger charge is -2.15. The van der Waals surface area contributed by atoms with Gasteiger partial charge >= 0.3 is 0 Å². The van der Waals surface area contributed by atoms with E-state index in [-0.39, 0.29) is 0 Å². The molecule has 1 atom stereocenters. The highest BCUT2D eigenvalue weighted by Crippen LogP contribution is 2.10. The Kier molecular flexibility index (Phi) is 5.22. The second-order valence-corrected chi connectivity index (χ2v) is 5.54. The van der Waals surface area contributed by atoms with Gasteiger partial charge in [-0.25, -0.2) is 4.98 Å². The van der Waals surface area contributed by atoms with Crippen LogP contribution in [0.25, 0.3) is 0 Å². The van der Waals surface area contributed by atoms with E-state index in [1.54, 1.807) is 11.3 Å². The summed E-state index contributed by atoms with van der Waals surface area (Å²) in [6.45, 7) is 8.25. The van der Waals surface area contributed by atoms with Gasteiger partial charge < -0.3 is 11.1 Å². The minimum atomic E-state index is 0.306. The topological polar surface area (TPSA) is 50.9 Å². The molecule has 86 valence electrons. The number of rotatable bonds is 6. The quantitative estimate of drug-likeness (QED) is 0.730. The molecule has 1 aromatic heterocycles. The number of thiazole rings is 1. The van der Waals surface area contributed by atoms with Gasteiger partial charge in [-0.15, -0.1) is 11.3 Å². The van der Waals surface area contributed by atoms with Crippen molar-refractivity contribution < 1.29 is 0 Å². The van der Waals surface area contributed by atoms with Gasteiger partial charge in [0.1, 0.15) is 0 Å². The third kappa shape index (κ3) is 4.73. The van der Waals surface area contributed by atoms with Gasteiger partial charge in [0, 0.05) is 23.7 Å². The Hall–Kier alpha value is -0.450. The monoisotopic (exact) mass is 227 g/mol. The van der Waals surface area contributed by atoms with Crippen molar-refractivity contribution in [3.8, 4) is 0 Å². The van der Waals surface area contributed by atoms with Crippen LogP contribution in [0.1, 0.15) is 30.2 Å². The maximum Gasteiger partial charge on any atom is 0.0897 e. The molecule has 0 fully saturated rings. The van der Waals surface area contributed by atoms with E-state index >= 15 is 0 Å². The summed E-state index contributed by atoms with van der Waals surface area (Å²) in [7, 11) is 0. The molecule has 0 aliphatic heterocycles. The molecule has 0 saturated carbocycles. The fourth-order valence-electron chi connectivity index (χ4n) is 1.30. The van der Waals surface area contributed by atoms with Crippen molar-refractivity contribution in [2.75, 3.05) is 6.54 Å². The molecular weight excluding hydrogens is 206 g/mol. The van der Waals surface area contributed by atoms with E-state index in [0.29, 0.717) is 12.0 Å². The maximum atomic E-state index is 5.95. The highest BCUT2D eigenvalue weighted by molar-refractivity contribution is 7.11. The molecule has 1 aromatic rings. The number of aromatic nitrogens is 1. The molecule has 0 aliphatic carbocycles. The molecule has 4 heteroatoms. The summed E-state index contributed by atoms with van der Waals surface area (Å²) in [6, 6.07) is 0.306. The molecule has 0 bridgehead atoms. The largest absolute Gasteiger partial charge is 0.327 e. The Morgan fingerprint density at radius 2 is 2.27 bits per heavy atom. The van der Waals surface area contributed by atoms with Crippen LogP contribution in [0.4, 0.5) is 0 Å². The van der Waals surface area contributed by atoms with Crippen LogP contribution in [0.3, 0.4) is 0 Å². The van der Waals surface area contributed by atoms with Gasteiger partial charge in [0.2, 0.25) is 0 Å². The first kappa shape index (κ1) is 12.6. The standard InChI is InChI=1S/C11H21N3S/c1-8(2)11(12)4-5-13-6-10-7-14-9(3)15-10/h7-8,11,13H,4-6,12H2,1-3H3. The lowest BCUT2D eigenvalue weighted by molar-refractivity contribution is 0.450. The molecule has 3 N–H and O–H groups in total. The van der Waals surface area contributed by atoms with Gasteiger partial charge in [0.15, 0.2) is 0 Å². The van der Waals surface area contributed by atoms with Crippen LogP contribution in [0.5, 0.6) is 0 Å². The Balaban J connectivity index is 2.12. The molecule has 0 saturated heterocycles. The summed E-state index contributed by atoms with van der Waals surface area (Å²) in [5.41, 5.74) is 5.95. The average Bonchev–Trinajstić information content (AvgIpc) is 2.58. The lowest BCUT2D eigenvalue weighted by atomic mass is 10.0. The van der Waals surface area contributed by atoms with Gasteiger partial charge in [0.05, 0.1) is 5.01 Å². The number of nitrogens with two attached hydrogens (primary N) is 1. The SMILES string of the molecule is Cc1ncc(CNCCC(N)C(C)C)s1. The maximum absolute atomic E-state index is 5.95. The molecule has 1 rings (SSSR count). The predicted octanol–water partition coefficient (Wildman–Crippen LogP) is 1.91. The Labute approximate surface area is 96.1 Å². The van der Waals surface area contributed by atoms with Crippen molar-refractivity contribution in [3.63, 3.8) is 0 Å². The van der Waals surface area contributed by atoms with Crippen LogP contribution < -0.4 is 11.1 Å². The number of nitrogens with zero attached hydrogens (tertiary/aromatic N) is 1. The molecule has 1 heterocycles. The van der Waals surface area contributed by atoms with E-state index in [9.17, 15) is 0 Å². The van der Waals surface area contributed by atoms with Crippen molar-refractivity contribution >= 4 is 11.3 Å². The highest BCUT2D eigenvalue weighted by Gasteiger charge is 2.06. The van der Waals surface area contributed by atoms with Crippen LogP contribution in [0, 0.1) is 12.8 Å². The van der Waals surface area contributed by atoms with Gasteiger partial charge in [-0.2, -0.15) is 0 Å². The second-order valence-electron chi connectivity index (χ2n) is 4.22. The van der Waals surface area contributed by atoms with Crippen LogP contribution in [0.15, 0.2) is 6.20 Å². The molecule has 15 heavy (non-hydrogen) atoms. The van der Waals surface area contributed by atoms with E-state index in [1.165, 1.54) is 4.88 Å². The van der Waals surface area contributed by atoms with E-state index in [4.69, 9.17) is 5.73 Å². The lowest BCUT2D eigenvalue weighted by Crippen LogP contribution is -2.30. The average molecular weight is 227 g/mol. The Morgan fingerprint density at radius 1 is 1.53 bits per heavy atom. The fourth-order valence-corrected chi connectivity index (χ4v) is 2.07. The van der Waals surface area contributed by atoms with Crippen LogP contribution in [-0.2, 0) is 6.54 Å². The zero-order chi connectivity index (χ0) is 11.3. The zero-order valence-electron chi connectivity index (χ0n) is 9.79. The fraction of sp³-hybridized carbons (Fsp3) is 0.727. The minimum Gasteiger partial charge on any atom is -0.327 e. The molecule has 0 aromatic carbocycles. The number of hydrogen-bond acceptors (Lipinski definition) is 4. The Bertz CT molecular complexity index is 283. The van der Waals surface area contributed by atoms with Gasteiger partial charge in [-0.3, -0.25) is 0 Å². The van der Waals surface area contributed by atoms with E-state index in [1.807, 2.05) is 13.1 Å². The van der Waals surface area contributed by atoms with Crippen LogP contribution in [-0.4, -0.2) is 17.6 Å². The van der Waals surface area contributed by atoms with Crippen molar-refractivity contribution in [1.29, 1.82) is 0 Å². The summed E-state index contributed by atoms with van der Waals surface area (Å²) in [4.78, 5) is 5.51. The van der Waals surface area contributed by atoms with Gasteiger partial charge in [-0.05, 0) is 25.8 Å². The zero-order valence-corrected chi connectivity index (χ0v) is 10.6. The number of hydrogen-bond donors (Lipinski definition) is 2. The number of nitrogens with one attached hydrogen (secondary N) is 1. The Morgan fingerprint density at radius 3 is 2.80 bits per heavy atom. The molecule has 0 amide bonds. The first-order valence-electron chi connectivity index (χ1n) is 5.47. The summed E-state index contributed by atoms with van der Waals surface area (Å²) < 4.78 is 0. The van der Waals surface area contributed by atoms with Gasteiger partial charge in [-0.1, -0.05) is 13.8 Å². The molecule has 1 unspecified atom stereocenters. The number of aryl methyl sites for hydroxylation is 1. The second kappa shape index (κ2) is 6.20.